The van der Waals surface area contributed by atoms with Crippen molar-refractivity contribution in [3.05, 3.63) is 69.9 Å². The van der Waals surface area contributed by atoms with E-state index >= 15 is 0 Å². The number of halogens is 2. The average Bonchev–Trinajstić information content (AvgIpc) is 3.74. The molecule has 2 aliphatic rings. The van der Waals surface area contributed by atoms with Crippen LogP contribution in [-0.2, 0) is 19.1 Å². The topological polar surface area (TPSA) is 163 Å². The molecule has 0 radical (unpaired) electrons. The minimum Gasteiger partial charge on any atom is -0.469 e. The van der Waals surface area contributed by atoms with Gasteiger partial charge in [-0.15, -0.1) is 0 Å². The maximum Gasteiger partial charge on any atom is 0.308 e. The second-order valence-corrected chi connectivity index (χ2v) is 14.7. The first-order valence-electron chi connectivity index (χ1n) is 18.4. The van der Waals surface area contributed by atoms with Gasteiger partial charge in [-0.2, -0.15) is 9.97 Å². The van der Waals surface area contributed by atoms with Crippen molar-refractivity contribution in [1.82, 2.24) is 30.2 Å². The van der Waals surface area contributed by atoms with Crippen LogP contribution in [0.3, 0.4) is 0 Å². The molecule has 0 spiro atoms. The molecule has 0 amide bonds. The van der Waals surface area contributed by atoms with Crippen LogP contribution in [0.15, 0.2) is 45.4 Å². The van der Waals surface area contributed by atoms with Crippen molar-refractivity contribution < 1.29 is 28.1 Å². The molecule has 0 atom stereocenters. The predicted molar refractivity (Wildman–Crippen MR) is 213 cm³/mol. The number of nitrogens with zero attached hydrogens (tertiary/aromatic N) is 8. The van der Waals surface area contributed by atoms with Crippen molar-refractivity contribution in [3.63, 3.8) is 0 Å². The molecule has 8 rings (SSSR count). The molecule has 2 aromatic carbocycles. The van der Waals surface area contributed by atoms with Gasteiger partial charge in [-0.1, -0.05) is 22.4 Å². The lowest BCUT2D eigenvalue weighted by Crippen LogP contribution is -2.37. The summed E-state index contributed by atoms with van der Waals surface area (Å²) in [5, 5.41) is 10.4. The molecule has 56 heavy (non-hydrogen) atoms. The van der Waals surface area contributed by atoms with Gasteiger partial charge in [-0.05, 0) is 112 Å². The Kier molecular flexibility index (Phi) is 11.4. The zero-order valence-corrected chi connectivity index (χ0v) is 33.6. The first-order valence-corrected chi connectivity index (χ1v) is 19.2. The number of rotatable bonds is 6. The van der Waals surface area contributed by atoms with E-state index in [1.165, 1.54) is 14.2 Å². The van der Waals surface area contributed by atoms with Crippen LogP contribution in [-0.4, -0.2) is 82.6 Å². The summed E-state index contributed by atoms with van der Waals surface area (Å²) in [6.45, 7) is 10.5. The predicted octanol–water partition coefficient (Wildman–Crippen LogP) is 7.89. The monoisotopic (exact) mass is 800 g/mol. The van der Waals surface area contributed by atoms with Crippen LogP contribution in [0.5, 0.6) is 0 Å². The second kappa shape index (κ2) is 16.4. The van der Waals surface area contributed by atoms with E-state index in [-0.39, 0.29) is 34.3 Å². The molecule has 0 bridgehead atoms. The standard InChI is InChI=1S/2C20H21ClN4O3/c2*1-11-17(12(2)28-24-11)14-4-5-16-15(10-14)18(23-20(21)22-16)25-8-6-13(7-9-25)19(26)27-3/h2*4-5,10,13H,6-9H2,1-3H3. The summed E-state index contributed by atoms with van der Waals surface area (Å²) in [5.74, 6) is 2.68. The third-order valence-corrected chi connectivity index (χ3v) is 10.9. The molecular weight excluding hydrogens is 759 g/mol. The number of carbonyl (C=O) groups is 2. The van der Waals surface area contributed by atoms with Gasteiger partial charge in [0.25, 0.3) is 0 Å². The fraction of sp³-hybridized carbons (Fsp3) is 0.400. The fourth-order valence-electron chi connectivity index (χ4n) is 7.74. The Morgan fingerprint density at radius 3 is 1.32 bits per heavy atom. The third kappa shape index (κ3) is 7.85. The zero-order chi connectivity index (χ0) is 39.7. The Morgan fingerprint density at radius 2 is 1.00 bits per heavy atom. The number of piperidine rings is 2. The molecule has 16 heteroatoms. The van der Waals surface area contributed by atoms with E-state index in [9.17, 15) is 9.59 Å². The van der Waals surface area contributed by atoms with Gasteiger partial charge in [0.1, 0.15) is 23.2 Å². The summed E-state index contributed by atoms with van der Waals surface area (Å²) in [7, 11) is 2.87. The molecule has 0 unspecified atom stereocenters. The highest BCUT2D eigenvalue weighted by Gasteiger charge is 2.29. The van der Waals surface area contributed by atoms with E-state index in [2.05, 4.69) is 52.2 Å². The quantitative estimate of drug-likeness (QED) is 0.118. The van der Waals surface area contributed by atoms with Gasteiger partial charge in [-0.25, -0.2) is 9.97 Å². The maximum absolute atomic E-state index is 11.8. The van der Waals surface area contributed by atoms with Crippen molar-refractivity contribution in [2.24, 2.45) is 11.8 Å². The first-order chi connectivity index (χ1) is 26.9. The van der Waals surface area contributed by atoms with Crippen molar-refractivity contribution in [1.29, 1.82) is 0 Å². The fourth-order valence-corrected chi connectivity index (χ4v) is 8.08. The number of benzene rings is 2. The summed E-state index contributed by atoms with van der Waals surface area (Å²) in [5.41, 5.74) is 7.20. The Balaban J connectivity index is 0.000000172. The number of aryl methyl sites for hydroxylation is 4. The Morgan fingerprint density at radius 1 is 0.625 bits per heavy atom. The van der Waals surface area contributed by atoms with Gasteiger partial charge in [0, 0.05) is 48.1 Å². The Labute approximate surface area is 333 Å². The normalized spacial score (nSPS) is 15.2. The largest absolute Gasteiger partial charge is 0.469 e. The van der Waals surface area contributed by atoms with Gasteiger partial charge >= 0.3 is 11.9 Å². The van der Waals surface area contributed by atoms with E-state index in [4.69, 9.17) is 41.7 Å². The molecular formula is C40H42Cl2N8O6. The molecule has 6 aromatic rings. The van der Waals surface area contributed by atoms with Gasteiger partial charge in [0.2, 0.25) is 10.6 Å². The van der Waals surface area contributed by atoms with E-state index in [1.807, 2.05) is 52.0 Å². The highest BCUT2D eigenvalue weighted by molar-refractivity contribution is 6.29. The first kappa shape index (κ1) is 38.9. The highest BCUT2D eigenvalue weighted by atomic mass is 35.5. The summed E-state index contributed by atoms with van der Waals surface area (Å²) >= 11 is 12.4. The lowest BCUT2D eigenvalue weighted by molar-refractivity contribution is -0.146. The van der Waals surface area contributed by atoms with Crippen LogP contribution in [0.4, 0.5) is 11.6 Å². The zero-order valence-electron chi connectivity index (χ0n) is 32.1. The smallest absolute Gasteiger partial charge is 0.308 e. The number of hydrogen-bond acceptors (Lipinski definition) is 14. The van der Waals surface area contributed by atoms with Crippen molar-refractivity contribution in [2.75, 3.05) is 50.2 Å². The lowest BCUT2D eigenvalue weighted by Gasteiger charge is -2.32. The number of hydrogen-bond donors (Lipinski definition) is 0. The van der Waals surface area contributed by atoms with Crippen molar-refractivity contribution >= 4 is 68.6 Å². The Hall–Kier alpha value is -5.34. The number of fused-ring (bicyclic) bond motifs is 2. The summed E-state index contributed by atoms with van der Waals surface area (Å²) < 4.78 is 20.4. The lowest BCUT2D eigenvalue weighted by atomic mass is 9.96. The van der Waals surface area contributed by atoms with Gasteiger partial charge < -0.3 is 28.3 Å². The molecule has 14 nitrogen and oxygen atoms in total. The highest BCUT2D eigenvalue weighted by Crippen LogP contribution is 2.36. The van der Waals surface area contributed by atoms with Crippen LogP contribution < -0.4 is 9.80 Å². The number of aromatic nitrogens is 6. The summed E-state index contributed by atoms with van der Waals surface area (Å²) in [6.07, 6.45) is 2.89. The van der Waals surface area contributed by atoms with E-state index in [0.717, 1.165) is 104 Å². The molecule has 2 saturated heterocycles. The maximum atomic E-state index is 11.8. The Bertz CT molecular complexity index is 2210. The van der Waals surface area contributed by atoms with E-state index in [0.29, 0.717) is 26.2 Å². The van der Waals surface area contributed by atoms with E-state index in [1.54, 1.807) is 0 Å². The second-order valence-electron chi connectivity index (χ2n) is 14.1. The number of esters is 2. The van der Waals surface area contributed by atoms with Crippen LogP contribution in [0.2, 0.25) is 10.6 Å². The van der Waals surface area contributed by atoms with Crippen LogP contribution in [0.1, 0.15) is 48.6 Å². The molecule has 0 saturated carbocycles. The SMILES string of the molecule is COC(=O)C1CCN(c2nc(Cl)nc3ccc(-c4c(C)noc4C)cc23)CC1.COC(=O)C1CCN(c2nc(Cl)nc3ccc(-c4c(C)noc4C)cc23)CC1. The minimum absolute atomic E-state index is 0.0670. The molecule has 2 aliphatic heterocycles. The minimum atomic E-state index is -0.147. The number of ether oxygens (including phenoxy) is 2. The number of anilines is 2. The average molecular weight is 802 g/mol. The van der Waals surface area contributed by atoms with E-state index < -0.39 is 0 Å². The van der Waals surface area contributed by atoms with Crippen LogP contribution in [0.25, 0.3) is 44.1 Å². The number of carbonyl (C=O) groups excluding carboxylic acids is 2. The third-order valence-electron chi connectivity index (χ3n) is 10.6. The van der Waals surface area contributed by atoms with Gasteiger partial charge in [-0.3, -0.25) is 9.59 Å². The van der Waals surface area contributed by atoms with Crippen molar-refractivity contribution in [2.45, 2.75) is 53.4 Å². The molecule has 2 fully saturated rings. The summed E-state index contributed by atoms with van der Waals surface area (Å²) in [4.78, 5) is 45.7. The molecule has 0 N–H and O–H groups in total. The molecule has 4 aromatic heterocycles. The summed E-state index contributed by atoms with van der Waals surface area (Å²) in [6, 6.07) is 12.0. The number of methoxy groups -OCH3 is 2. The van der Waals surface area contributed by atoms with Gasteiger partial charge in [0.05, 0.1) is 48.5 Å². The van der Waals surface area contributed by atoms with Crippen molar-refractivity contribution in [3.8, 4) is 22.3 Å². The van der Waals surface area contributed by atoms with Gasteiger partial charge in [0.15, 0.2) is 0 Å². The van der Waals surface area contributed by atoms with Crippen LogP contribution >= 0.6 is 23.2 Å². The van der Waals surface area contributed by atoms with Crippen LogP contribution in [0, 0.1) is 39.5 Å². The molecule has 292 valence electrons. The molecule has 6 heterocycles. The molecule has 0 aliphatic carbocycles.